The number of hydrogen-bond acceptors (Lipinski definition) is 7. The number of cyclic esters (lactones) is 1. The number of nitrogens with one attached hydrogen (secondary N) is 2. The third kappa shape index (κ3) is 6.86. The van der Waals surface area contributed by atoms with Gasteiger partial charge < -0.3 is 29.7 Å². The molecule has 0 aromatic heterocycles. The SMILES string of the molecule is CNc1cc(C/C(C)=C/C=C/[C@@H](OC)[C@@]2(O)C[C@@H]([C@@H](C)[C@@H](C)O)OC(=O)N2)cc(OC)c1Cl. The normalized spacial score (nSPS) is 24.1. The molecule has 1 aliphatic rings. The molecule has 1 aliphatic heterocycles. The standard InChI is InChI=1S/C24H35ClN2O6/c1-14(10-17-11-18(26-4)22(25)19(12-17)31-5)8-7-9-21(32-6)24(30)13-20(15(2)16(3)28)33-23(29)27-24/h7-9,11-12,15-16,20-21,26,28,30H,10,13H2,1-6H3,(H,27,29)/b9-7+,14-8+/t15-,16+,20-,21+,24-/m0/s1. The van der Waals surface area contributed by atoms with Crippen LogP contribution in [0.2, 0.25) is 5.02 Å². The number of rotatable bonds is 10. The van der Waals surface area contributed by atoms with Crippen molar-refractivity contribution < 1.29 is 29.2 Å². The molecular formula is C24H35ClN2O6. The number of methoxy groups -OCH3 is 2. The lowest BCUT2D eigenvalue weighted by Gasteiger charge is -2.42. The smallest absolute Gasteiger partial charge is 0.409 e. The fourth-order valence-corrected chi connectivity index (χ4v) is 4.04. The largest absolute Gasteiger partial charge is 0.495 e. The molecule has 1 amide bonds. The van der Waals surface area contributed by atoms with Crippen LogP contribution in [0.5, 0.6) is 5.75 Å². The number of benzene rings is 1. The Bertz CT molecular complexity index is 863. The van der Waals surface area contributed by atoms with Crippen molar-refractivity contribution in [2.24, 2.45) is 5.92 Å². The number of alkyl carbamates (subject to hydrolysis) is 1. The van der Waals surface area contributed by atoms with Crippen LogP contribution in [0.25, 0.3) is 0 Å². The van der Waals surface area contributed by atoms with Crippen LogP contribution in [0.1, 0.15) is 32.8 Å². The second kappa shape index (κ2) is 11.7. The molecule has 9 heteroatoms. The third-order valence-electron chi connectivity index (χ3n) is 5.90. The Morgan fingerprint density at radius 2 is 2.12 bits per heavy atom. The average molecular weight is 483 g/mol. The highest BCUT2D eigenvalue weighted by molar-refractivity contribution is 6.34. The van der Waals surface area contributed by atoms with E-state index in [4.69, 9.17) is 25.8 Å². The maximum absolute atomic E-state index is 12.1. The number of carbonyl (C=O) groups is 1. The number of carbonyl (C=O) groups excluding carboxylic acids is 1. The molecule has 8 nitrogen and oxygen atoms in total. The summed E-state index contributed by atoms with van der Waals surface area (Å²) in [5.74, 6) is 0.254. The molecule has 1 aromatic carbocycles. The Labute approximate surface area is 200 Å². The molecule has 0 aliphatic carbocycles. The summed E-state index contributed by atoms with van der Waals surface area (Å²) in [6, 6.07) is 3.86. The molecule has 1 aromatic rings. The minimum absolute atomic E-state index is 0.0771. The number of halogens is 1. The van der Waals surface area contributed by atoms with Gasteiger partial charge in [-0.15, -0.1) is 0 Å². The van der Waals surface area contributed by atoms with Crippen molar-refractivity contribution in [2.45, 2.75) is 57.6 Å². The summed E-state index contributed by atoms with van der Waals surface area (Å²) in [6.45, 7) is 5.37. The summed E-state index contributed by atoms with van der Waals surface area (Å²) in [7, 11) is 4.83. The number of allylic oxidation sites excluding steroid dienone is 3. The lowest BCUT2D eigenvalue weighted by Crippen LogP contribution is -2.63. The fraction of sp³-hybridized carbons (Fsp3) is 0.542. The minimum atomic E-state index is -1.67. The van der Waals surface area contributed by atoms with E-state index in [1.807, 2.05) is 25.1 Å². The van der Waals surface area contributed by atoms with Crippen LogP contribution >= 0.6 is 11.6 Å². The van der Waals surface area contributed by atoms with Crippen molar-refractivity contribution in [1.82, 2.24) is 5.32 Å². The average Bonchev–Trinajstić information content (AvgIpc) is 2.76. The molecule has 2 rings (SSSR count). The van der Waals surface area contributed by atoms with Crippen molar-refractivity contribution in [3.8, 4) is 5.75 Å². The van der Waals surface area contributed by atoms with E-state index in [9.17, 15) is 15.0 Å². The quantitative estimate of drug-likeness (QED) is 0.377. The minimum Gasteiger partial charge on any atom is -0.495 e. The zero-order chi connectivity index (χ0) is 24.8. The first-order valence-corrected chi connectivity index (χ1v) is 11.2. The van der Waals surface area contributed by atoms with Crippen LogP contribution in [-0.4, -0.2) is 61.6 Å². The first kappa shape index (κ1) is 27.0. The van der Waals surface area contributed by atoms with E-state index in [0.717, 1.165) is 16.8 Å². The van der Waals surface area contributed by atoms with Gasteiger partial charge in [0, 0.05) is 26.5 Å². The van der Waals surface area contributed by atoms with Crippen LogP contribution < -0.4 is 15.4 Å². The molecule has 0 saturated carbocycles. The Morgan fingerprint density at radius 1 is 1.42 bits per heavy atom. The van der Waals surface area contributed by atoms with Gasteiger partial charge in [-0.05, 0) is 38.0 Å². The van der Waals surface area contributed by atoms with E-state index < -0.39 is 30.1 Å². The van der Waals surface area contributed by atoms with Crippen LogP contribution in [-0.2, 0) is 15.9 Å². The highest BCUT2D eigenvalue weighted by Crippen LogP contribution is 2.34. The van der Waals surface area contributed by atoms with E-state index in [2.05, 4.69) is 10.6 Å². The summed E-state index contributed by atoms with van der Waals surface area (Å²) in [5.41, 5.74) is 1.20. The molecular weight excluding hydrogens is 448 g/mol. The van der Waals surface area contributed by atoms with Crippen molar-refractivity contribution in [3.63, 3.8) is 0 Å². The van der Waals surface area contributed by atoms with Gasteiger partial charge in [0.05, 0.1) is 18.9 Å². The van der Waals surface area contributed by atoms with Crippen LogP contribution in [0.4, 0.5) is 10.5 Å². The topological polar surface area (TPSA) is 109 Å². The predicted octanol–water partition coefficient (Wildman–Crippen LogP) is 3.65. The molecule has 0 bridgehead atoms. The molecule has 4 N–H and O–H groups in total. The van der Waals surface area contributed by atoms with Crippen molar-refractivity contribution in [2.75, 3.05) is 26.6 Å². The Kier molecular flexibility index (Phi) is 9.60. The van der Waals surface area contributed by atoms with Gasteiger partial charge in [0.1, 0.15) is 23.0 Å². The number of ether oxygens (including phenoxy) is 3. The number of amides is 1. The molecule has 1 fully saturated rings. The second-order valence-corrected chi connectivity index (χ2v) is 8.82. The van der Waals surface area contributed by atoms with E-state index in [1.165, 1.54) is 7.11 Å². The highest BCUT2D eigenvalue weighted by atomic mass is 35.5. The number of aliphatic hydroxyl groups excluding tert-OH is 1. The van der Waals surface area contributed by atoms with Crippen LogP contribution in [0, 0.1) is 5.92 Å². The highest BCUT2D eigenvalue weighted by Gasteiger charge is 2.46. The molecule has 0 radical (unpaired) electrons. The first-order valence-electron chi connectivity index (χ1n) is 10.8. The summed E-state index contributed by atoms with van der Waals surface area (Å²) < 4.78 is 16.1. The van der Waals surface area contributed by atoms with Crippen LogP contribution in [0.3, 0.4) is 0 Å². The van der Waals surface area contributed by atoms with Gasteiger partial charge in [0.25, 0.3) is 0 Å². The van der Waals surface area contributed by atoms with E-state index in [-0.39, 0.29) is 12.3 Å². The Hall–Kier alpha value is -2.26. The first-order chi connectivity index (χ1) is 15.5. The van der Waals surface area contributed by atoms with E-state index in [1.54, 1.807) is 40.2 Å². The van der Waals surface area contributed by atoms with Crippen molar-refractivity contribution in [3.05, 3.63) is 46.5 Å². The monoisotopic (exact) mass is 482 g/mol. The van der Waals surface area contributed by atoms with Gasteiger partial charge >= 0.3 is 6.09 Å². The molecule has 33 heavy (non-hydrogen) atoms. The second-order valence-electron chi connectivity index (χ2n) is 8.44. The summed E-state index contributed by atoms with van der Waals surface area (Å²) >= 11 is 6.29. The zero-order valence-corrected chi connectivity index (χ0v) is 20.8. The zero-order valence-electron chi connectivity index (χ0n) is 20.0. The van der Waals surface area contributed by atoms with Crippen LogP contribution in [0.15, 0.2) is 35.9 Å². The molecule has 0 unspecified atom stereocenters. The molecule has 1 saturated heterocycles. The van der Waals surface area contributed by atoms with Gasteiger partial charge in [-0.2, -0.15) is 0 Å². The van der Waals surface area contributed by atoms with Crippen molar-refractivity contribution in [1.29, 1.82) is 0 Å². The van der Waals surface area contributed by atoms with Gasteiger partial charge in [-0.25, -0.2) is 4.79 Å². The lowest BCUT2D eigenvalue weighted by atomic mass is 9.88. The summed E-state index contributed by atoms with van der Waals surface area (Å²) in [6.07, 6.45) is 3.21. The van der Waals surface area contributed by atoms with Crippen molar-refractivity contribution >= 4 is 23.4 Å². The third-order valence-corrected chi connectivity index (χ3v) is 6.29. The van der Waals surface area contributed by atoms with Gasteiger partial charge in [0.15, 0.2) is 5.72 Å². The Morgan fingerprint density at radius 3 is 2.70 bits per heavy atom. The number of aliphatic hydroxyl groups is 2. The molecule has 0 spiro atoms. The Balaban J connectivity index is 2.15. The van der Waals surface area contributed by atoms with Gasteiger partial charge in [-0.3, -0.25) is 5.32 Å². The van der Waals surface area contributed by atoms with E-state index >= 15 is 0 Å². The maximum atomic E-state index is 12.1. The summed E-state index contributed by atoms with van der Waals surface area (Å²) in [5, 5.41) is 27.0. The molecule has 184 valence electrons. The maximum Gasteiger partial charge on any atom is 0.409 e. The van der Waals surface area contributed by atoms with E-state index in [0.29, 0.717) is 17.2 Å². The lowest BCUT2D eigenvalue weighted by molar-refractivity contribution is -0.147. The summed E-state index contributed by atoms with van der Waals surface area (Å²) in [4.78, 5) is 12.1. The fourth-order valence-electron chi connectivity index (χ4n) is 3.76. The van der Waals surface area contributed by atoms with Gasteiger partial charge in [-0.1, -0.05) is 42.3 Å². The molecule has 5 atom stereocenters. The number of anilines is 1. The predicted molar refractivity (Wildman–Crippen MR) is 129 cm³/mol. The van der Waals surface area contributed by atoms with Gasteiger partial charge in [0.2, 0.25) is 0 Å². The molecule has 1 heterocycles. The number of hydrogen-bond donors (Lipinski definition) is 4.